The maximum Gasteiger partial charge on any atom is 0.472 e. The van der Waals surface area contributed by atoms with Crippen LogP contribution in [-0.4, -0.2) is 95.9 Å². The van der Waals surface area contributed by atoms with Crippen LogP contribution in [0.25, 0.3) is 0 Å². The van der Waals surface area contributed by atoms with Crippen molar-refractivity contribution in [3.8, 4) is 0 Å². The minimum Gasteiger partial charge on any atom is -0.463 e. The Morgan fingerprint density at radius 2 is 0.495 bits per heavy atom. The van der Waals surface area contributed by atoms with Gasteiger partial charge >= 0.3 is 33.6 Å². The number of carbonyl (C=O) groups is 3. The van der Waals surface area contributed by atoms with Gasteiger partial charge in [-0.1, -0.05) is 306 Å². The highest BCUT2D eigenvalue weighted by atomic mass is 31.2. The van der Waals surface area contributed by atoms with E-state index in [1.54, 1.807) is 0 Å². The predicted molar refractivity (Wildman–Crippen MR) is 445 cm³/mol. The van der Waals surface area contributed by atoms with Crippen molar-refractivity contribution >= 4 is 33.6 Å². The molecular weight excluding hydrogens is 1390 g/mol. The summed E-state index contributed by atoms with van der Waals surface area (Å²) in [7, 11) is -9.82. The molecule has 608 valence electrons. The summed E-state index contributed by atoms with van der Waals surface area (Å²) in [5, 5.41) is 20.7. The summed E-state index contributed by atoms with van der Waals surface area (Å²) in [5.41, 5.74) is 0. The second-order valence-electron chi connectivity index (χ2n) is 26.8. The summed E-state index contributed by atoms with van der Waals surface area (Å²) in [6.45, 7) is 2.37. The molecule has 0 aliphatic rings. The standard InChI is InChI=1S/C89H146O16P2/c1-4-7-10-13-16-19-22-25-28-31-34-36-38-39-40-41-42-43-45-47-49-51-54-57-60-63-66-69-72-75-87(92)99-78-84(90)79-101-106(95,96)102-80-85(91)81-103-107(97,98)104-83-86(105-89(94)77-74-71-68-65-62-59-56-53-48-33-30-27-24-21-18-15-12-9-6-3)82-100-88(93)76-73-70-67-64-61-58-55-52-50-46-44-37-35-32-29-26-23-20-17-14-11-8-5-2/h7-8,10-11,16-21,25-30,34-37,39-40,42-43,46,48,50,53,55,58,84-86,90-91H,4-6,9,12-15,22-24,31-33,38,41,44-45,47,49,51-52,54,56-57,59-83H2,1-3H3,(H,95,96)(H,97,98)/b10-7-,11-8-,19-16-,20-17-,21-18-,28-25-,29-26-,30-27-,36-34-,37-35-,40-39-,43-42-,50-46-,53-48-,58-55-. The van der Waals surface area contributed by atoms with E-state index in [1.807, 2.05) is 0 Å². The first kappa shape index (κ1) is 102. The highest BCUT2D eigenvalue weighted by Crippen LogP contribution is 2.45. The average Bonchev–Trinajstić information content (AvgIpc) is 0.907. The summed E-state index contributed by atoms with van der Waals surface area (Å²) < 4.78 is 61.2. The van der Waals surface area contributed by atoms with Crippen LogP contribution >= 0.6 is 15.6 Å². The lowest BCUT2D eigenvalue weighted by Gasteiger charge is -2.21. The number of hydrogen-bond donors (Lipinski definition) is 4. The van der Waals surface area contributed by atoms with Crippen LogP contribution in [0.1, 0.15) is 303 Å². The molecule has 0 aromatic carbocycles. The van der Waals surface area contributed by atoms with Crippen molar-refractivity contribution in [1.29, 1.82) is 0 Å². The Bertz CT molecular complexity index is 2670. The number of ether oxygens (including phenoxy) is 3. The van der Waals surface area contributed by atoms with Gasteiger partial charge in [-0.15, -0.1) is 0 Å². The van der Waals surface area contributed by atoms with Gasteiger partial charge in [0.05, 0.1) is 26.4 Å². The minimum atomic E-state index is -4.95. The first-order valence-corrected chi connectivity index (χ1v) is 44.1. The van der Waals surface area contributed by atoms with Gasteiger partial charge in [0, 0.05) is 19.3 Å². The smallest absolute Gasteiger partial charge is 0.463 e. The van der Waals surface area contributed by atoms with E-state index >= 15 is 0 Å². The molecule has 0 aliphatic carbocycles. The fourth-order valence-electron chi connectivity index (χ4n) is 10.4. The third-order valence-corrected chi connectivity index (χ3v) is 18.5. The second-order valence-corrected chi connectivity index (χ2v) is 29.7. The number of allylic oxidation sites excluding steroid dienone is 30. The molecule has 0 aromatic rings. The summed E-state index contributed by atoms with van der Waals surface area (Å²) in [6, 6.07) is 0. The van der Waals surface area contributed by atoms with Gasteiger partial charge in [0.15, 0.2) is 6.10 Å². The van der Waals surface area contributed by atoms with E-state index in [0.717, 1.165) is 193 Å². The fourth-order valence-corrected chi connectivity index (χ4v) is 12.0. The number of hydrogen-bond acceptors (Lipinski definition) is 14. The average molecular weight is 1530 g/mol. The molecule has 0 amide bonds. The highest BCUT2D eigenvalue weighted by Gasteiger charge is 2.29. The van der Waals surface area contributed by atoms with Gasteiger partial charge < -0.3 is 34.2 Å². The number of phosphoric acid groups is 2. The van der Waals surface area contributed by atoms with E-state index in [-0.39, 0.29) is 19.3 Å². The van der Waals surface area contributed by atoms with Crippen LogP contribution < -0.4 is 0 Å². The zero-order valence-corrected chi connectivity index (χ0v) is 68.3. The second kappa shape index (κ2) is 80.2. The van der Waals surface area contributed by atoms with Gasteiger partial charge in [-0.05, 0) is 161 Å². The van der Waals surface area contributed by atoms with Gasteiger partial charge in [-0.3, -0.25) is 32.5 Å². The SMILES string of the molecule is CC/C=C\C/C=C\C/C=C\C/C=C\C/C=C\C/C=C\CCCCCCCCCCCCC(=O)OCC(O)COP(=O)(O)OCC(O)COP(=O)(O)OCC(COC(=O)CCCCCC/C=C\C/C=C\C/C=C\C/C=C\C/C=C\C/C=C\CC)OC(=O)CCCCCCCC/C=C\C/C=C\C/C=C\CCCCC. The number of esters is 3. The van der Waals surface area contributed by atoms with Gasteiger partial charge in [0.25, 0.3) is 0 Å². The van der Waals surface area contributed by atoms with Gasteiger partial charge in [-0.2, -0.15) is 0 Å². The molecule has 0 aromatic heterocycles. The summed E-state index contributed by atoms with van der Waals surface area (Å²) in [6.07, 6.45) is 104. The predicted octanol–water partition coefficient (Wildman–Crippen LogP) is 24.5. The minimum absolute atomic E-state index is 0.0774. The molecule has 0 radical (unpaired) electrons. The van der Waals surface area contributed by atoms with E-state index in [4.69, 9.17) is 32.3 Å². The van der Waals surface area contributed by atoms with Crippen molar-refractivity contribution in [2.24, 2.45) is 0 Å². The first-order chi connectivity index (χ1) is 52.2. The van der Waals surface area contributed by atoms with Crippen molar-refractivity contribution in [2.75, 3.05) is 39.6 Å². The first-order valence-electron chi connectivity index (χ1n) is 41.1. The molecule has 0 rings (SSSR count). The molecule has 0 bridgehead atoms. The quantitative estimate of drug-likeness (QED) is 0.0146. The lowest BCUT2D eigenvalue weighted by Crippen LogP contribution is -2.30. The molecule has 5 atom stereocenters. The van der Waals surface area contributed by atoms with E-state index in [9.17, 15) is 43.5 Å². The van der Waals surface area contributed by atoms with Crippen molar-refractivity contribution in [3.63, 3.8) is 0 Å². The van der Waals surface area contributed by atoms with Crippen molar-refractivity contribution in [3.05, 3.63) is 182 Å². The molecule has 16 nitrogen and oxygen atoms in total. The fraction of sp³-hybridized carbons (Fsp3) is 0.629. The Hall–Kier alpha value is -5.35. The van der Waals surface area contributed by atoms with Crippen molar-refractivity contribution in [2.45, 2.75) is 322 Å². The van der Waals surface area contributed by atoms with Crippen molar-refractivity contribution in [1.82, 2.24) is 0 Å². The molecule has 0 saturated carbocycles. The number of aliphatic hydroxyl groups is 2. The largest absolute Gasteiger partial charge is 0.472 e. The van der Waals surface area contributed by atoms with Gasteiger partial charge in [-0.25, -0.2) is 9.13 Å². The highest BCUT2D eigenvalue weighted by molar-refractivity contribution is 7.47. The van der Waals surface area contributed by atoms with E-state index in [0.29, 0.717) is 19.3 Å². The van der Waals surface area contributed by atoms with E-state index in [1.165, 1.54) is 51.4 Å². The van der Waals surface area contributed by atoms with Crippen LogP contribution in [0.15, 0.2) is 182 Å². The monoisotopic (exact) mass is 1530 g/mol. The molecule has 4 N–H and O–H groups in total. The van der Waals surface area contributed by atoms with E-state index in [2.05, 4.69) is 203 Å². The number of aliphatic hydroxyl groups excluding tert-OH is 2. The van der Waals surface area contributed by atoms with Crippen LogP contribution in [0, 0.1) is 0 Å². The van der Waals surface area contributed by atoms with Crippen LogP contribution in [-0.2, 0) is 55.8 Å². The zero-order valence-electron chi connectivity index (χ0n) is 66.5. The van der Waals surface area contributed by atoms with Crippen LogP contribution in [0.4, 0.5) is 0 Å². The van der Waals surface area contributed by atoms with Crippen molar-refractivity contribution < 1.29 is 75.8 Å². The van der Waals surface area contributed by atoms with E-state index < -0.39 is 91.5 Å². The Morgan fingerprint density at radius 1 is 0.271 bits per heavy atom. The zero-order chi connectivity index (χ0) is 78.0. The Kier molecular flexibility index (Phi) is 76.2. The third kappa shape index (κ3) is 81.5. The number of carbonyl (C=O) groups excluding carboxylic acids is 3. The van der Waals surface area contributed by atoms with Gasteiger partial charge in [0.2, 0.25) is 0 Å². The van der Waals surface area contributed by atoms with Crippen LogP contribution in [0.3, 0.4) is 0 Å². The van der Waals surface area contributed by atoms with Crippen LogP contribution in [0.5, 0.6) is 0 Å². The molecule has 0 aliphatic heterocycles. The molecule has 0 fully saturated rings. The Balaban J connectivity index is 4.66. The van der Waals surface area contributed by atoms with Crippen LogP contribution in [0.2, 0.25) is 0 Å². The maximum absolute atomic E-state index is 13.0. The molecular formula is C89H146O16P2. The summed E-state index contributed by atoms with van der Waals surface area (Å²) in [5.74, 6) is -1.63. The normalized spacial score (nSPS) is 14.9. The van der Waals surface area contributed by atoms with Gasteiger partial charge in [0.1, 0.15) is 25.4 Å². The molecule has 5 unspecified atom stereocenters. The number of unbranched alkanes of at least 4 members (excludes halogenated alkanes) is 23. The molecule has 0 saturated heterocycles. The number of phosphoric ester groups is 2. The number of rotatable bonds is 76. The Morgan fingerprint density at radius 3 is 0.785 bits per heavy atom. The maximum atomic E-state index is 13.0. The molecule has 18 heteroatoms. The molecule has 107 heavy (non-hydrogen) atoms. The third-order valence-electron chi connectivity index (χ3n) is 16.6. The topological polar surface area (TPSA) is 231 Å². The molecule has 0 heterocycles. The summed E-state index contributed by atoms with van der Waals surface area (Å²) >= 11 is 0. The lowest BCUT2D eigenvalue weighted by molar-refractivity contribution is -0.161. The Labute approximate surface area is 649 Å². The lowest BCUT2D eigenvalue weighted by atomic mass is 10.1. The summed E-state index contributed by atoms with van der Waals surface area (Å²) in [4.78, 5) is 58.8. The molecule has 0 spiro atoms.